The molecule has 1 amide bonds. The Bertz CT molecular complexity index is 1250. The third kappa shape index (κ3) is 4.27. The Morgan fingerprint density at radius 1 is 1.03 bits per heavy atom. The van der Waals surface area contributed by atoms with Crippen LogP contribution in [0.5, 0.6) is 0 Å². The second-order valence-electron chi connectivity index (χ2n) is 8.48. The zero-order valence-corrected chi connectivity index (χ0v) is 19.4. The van der Waals surface area contributed by atoms with E-state index in [0.717, 1.165) is 38.8 Å². The van der Waals surface area contributed by atoms with Crippen molar-refractivity contribution in [2.24, 2.45) is 5.92 Å². The van der Waals surface area contributed by atoms with Gasteiger partial charge in [-0.3, -0.25) is 19.3 Å². The third-order valence-electron chi connectivity index (χ3n) is 5.84. The number of aryl methyl sites for hydroxylation is 1. The summed E-state index contributed by atoms with van der Waals surface area (Å²) in [5.41, 5.74) is 0.641. The van der Waals surface area contributed by atoms with E-state index in [1.165, 1.54) is 18.3 Å². The lowest BCUT2D eigenvalue weighted by molar-refractivity contribution is -0.137. The van der Waals surface area contributed by atoms with Gasteiger partial charge in [0.1, 0.15) is 5.92 Å². The molecule has 1 aliphatic heterocycles. The van der Waals surface area contributed by atoms with Gasteiger partial charge in [-0.15, -0.1) is 11.3 Å². The van der Waals surface area contributed by atoms with Gasteiger partial charge in [-0.2, -0.15) is 13.2 Å². The van der Waals surface area contributed by atoms with Crippen LogP contribution in [-0.2, 0) is 15.8 Å². The number of aromatic nitrogens is 1. The quantitative estimate of drug-likeness (QED) is 0.262. The Balaban J connectivity index is 1.80. The van der Waals surface area contributed by atoms with Crippen LogP contribution in [0.25, 0.3) is 0 Å². The maximum atomic E-state index is 13.5. The van der Waals surface area contributed by atoms with Gasteiger partial charge in [-0.1, -0.05) is 50.2 Å². The number of rotatable bonds is 5. The fourth-order valence-electron chi connectivity index (χ4n) is 4.02. The molecule has 0 bridgehead atoms. The molecule has 34 heavy (non-hydrogen) atoms. The van der Waals surface area contributed by atoms with Crippen LogP contribution in [-0.4, -0.2) is 22.5 Å². The number of benzene rings is 2. The van der Waals surface area contributed by atoms with Crippen molar-refractivity contribution in [1.29, 1.82) is 0 Å². The van der Waals surface area contributed by atoms with Crippen molar-refractivity contribution in [3.05, 3.63) is 81.9 Å². The molecule has 0 radical (unpaired) electrons. The van der Waals surface area contributed by atoms with Crippen molar-refractivity contribution in [2.45, 2.75) is 38.9 Å². The minimum absolute atomic E-state index is 0.214. The van der Waals surface area contributed by atoms with E-state index in [1.807, 2.05) is 13.8 Å². The Morgan fingerprint density at radius 2 is 1.65 bits per heavy atom. The lowest BCUT2D eigenvalue weighted by atomic mass is 9.85. The van der Waals surface area contributed by atoms with Crippen LogP contribution in [0.3, 0.4) is 0 Å². The SMILES string of the molecule is Cc1cnc(N2C(=O)C(=O)C(C(=O)c3ccc(C(C)C)cc3)C2c2ccc(C(F)(F)F)cc2)s1. The molecule has 1 aromatic heterocycles. The van der Waals surface area contributed by atoms with Gasteiger partial charge < -0.3 is 0 Å². The molecule has 1 aliphatic rings. The molecule has 0 spiro atoms. The van der Waals surface area contributed by atoms with E-state index < -0.39 is 41.2 Å². The van der Waals surface area contributed by atoms with Crippen molar-refractivity contribution in [2.75, 3.05) is 4.90 Å². The summed E-state index contributed by atoms with van der Waals surface area (Å²) in [6.07, 6.45) is -3.01. The van der Waals surface area contributed by atoms with Crippen LogP contribution in [0.1, 0.15) is 57.7 Å². The van der Waals surface area contributed by atoms with Gasteiger partial charge in [-0.05, 0) is 36.1 Å². The van der Waals surface area contributed by atoms with Gasteiger partial charge in [-0.25, -0.2) is 4.98 Å². The number of carbonyl (C=O) groups excluding carboxylic acids is 3. The van der Waals surface area contributed by atoms with Gasteiger partial charge in [0.25, 0.3) is 5.91 Å². The highest BCUT2D eigenvalue weighted by atomic mass is 32.1. The molecule has 176 valence electrons. The minimum Gasteiger partial charge on any atom is -0.293 e. The van der Waals surface area contributed by atoms with E-state index in [1.54, 1.807) is 31.2 Å². The van der Waals surface area contributed by atoms with Crippen molar-refractivity contribution in [3.8, 4) is 0 Å². The first kappa shape index (κ1) is 23.8. The number of nitrogens with zero attached hydrogens (tertiary/aromatic N) is 2. The summed E-state index contributed by atoms with van der Waals surface area (Å²) in [7, 11) is 0. The second-order valence-corrected chi connectivity index (χ2v) is 9.69. The predicted octanol–water partition coefficient (Wildman–Crippen LogP) is 5.75. The molecule has 2 aromatic carbocycles. The van der Waals surface area contributed by atoms with Crippen molar-refractivity contribution < 1.29 is 27.6 Å². The Kier molecular flexibility index (Phi) is 6.16. The molecular weight excluding hydrogens is 465 g/mol. The molecule has 1 saturated heterocycles. The summed E-state index contributed by atoms with van der Waals surface area (Å²) >= 11 is 1.16. The normalized spacial score (nSPS) is 18.7. The lowest BCUT2D eigenvalue weighted by Gasteiger charge is -2.25. The van der Waals surface area contributed by atoms with Gasteiger partial charge in [0.2, 0.25) is 5.78 Å². The van der Waals surface area contributed by atoms with Crippen LogP contribution in [0.15, 0.2) is 54.7 Å². The number of thiazole rings is 1. The van der Waals surface area contributed by atoms with E-state index in [9.17, 15) is 27.6 Å². The highest BCUT2D eigenvalue weighted by Crippen LogP contribution is 2.43. The molecule has 5 nitrogen and oxygen atoms in total. The van der Waals surface area contributed by atoms with Crippen LogP contribution in [0, 0.1) is 12.8 Å². The Hall–Kier alpha value is -3.33. The number of alkyl halides is 3. The molecule has 0 N–H and O–H groups in total. The summed E-state index contributed by atoms with van der Waals surface area (Å²) in [5, 5.41) is 0.214. The van der Waals surface area contributed by atoms with Crippen LogP contribution in [0.2, 0.25) is 0 Å². The summed E-state index contributed by atoms with van der Waals surface area (Å²) in [6, 6.07) is 9.85. The fourth-order valence-corrected chi connectivity index (χ4v) is 4.81. The molecule has 9 heteroatoms. The number of hydrogen-bond donors (Lipinski definition) is 0. The summed E-state index contributed by atoms with van der Waals surface area (Å²) in [5.74, 6) is -3.54. The first-order chi connectivity index (χ1) is 16.0. The molecule has 2 unspecified atom stereocenters. The monoisotopic (exact) mass is 486 g/mol. The van der Waals surface area contributed by atoms with Crippen molar-refractivity contribution in [1.82, 2.24) is 4.98 Å². The number of Topliss-reactive ketones (excluding diaryl/α,β-unsaturated/α-hetero) is 2. The molecule has 4 rings (SSSR count). The molecule has 0 aliphatic carbocycles. The van der Waals surface area contributed by atoms with E-state index in [-0.39, 0.29) is 22.2 Å². The van der Waals surface area contributed by atoms with Gasteiger partial charge in [0.05, 0.1) is 11.6 Å². The third-order valence-corrected chi connectivity index (χ3v) is 6.76. The number of ketones is 2. The average molecular weight is 487 g/mol. The van der Waals surface area contributed by atoms with Crippen LogP contribution < -0.4 is 4.90 Å². The smallest absolute Gasteiger partial charge is 0.293 e. The Labute approximate surface area is 198 Å². The number of hydrogen-bond acceptors (Lipinski definition) is 5. The standard InChI is InChI=1S/C25H21F3N2O3S/c1-13(2)15-4-6-17(7-5-15)21(31)19-20(16-8-10-18(11-9-16)25(26,27)28)30(23(33)22(19)32)24-29-12-14(3)34-24/h4-13,19-20H,1-3H3. The number of amides is 1. The largest absolute Gasteiger partial charge is 0.416 e. The maximum absolute atomic E-state index is 13.5. The van der Waals surface area contributed by atoms with E-state index in [0.29, 0.717) is 0 Å². The topological polar surface area (TPSA) is 67.3 Å². The zero-order valence-electron chi connectivity index (χ0n) is 18.6. The molecule has 3 aromatic rings. The van der Waals surface area contributed by atoms with Crippen LogP contribution in [0.4, 0.5) is 18.3 Å². The van der Waals surface area contributed by atoms with E-state index in [4.69, 9.17) is 0 Å². The summed E-state index contributed by atoms with van der Waals surface area (Å²) in [4.78, 5) is 45.7. The van der Waals surface area contributed by atoms with Crippen molar-refractivity contribution in [3.63, 3.8) is 0 Å². The second kappa shape index (κ2) is 8.79. The highest BCUT2D eigenvalue weighted by Gasteiger charge is 2.53. The molecule has 2 heterocycles. The van der Waals surface area contributed by atoms with Gasteiger partial charge in [0.15, 0.2) is 10.9 Å². The van der Waals surface area contributed by atoms with E-state index >= 15 is 0 Å². The van der Waals surface area contributed by atoms with Crippen molar-refractivity contribution >= 4 is 33.9 Å². The minimum atomic E-state index is -4.54. The number of halogens is 3. The predicted molar refractivity (Wildman–Crippen MR) is 122 cm³/mol. The molecular formula is C25H21F3N2O3S. The number of anilines is 1. The molecule has 1 fully saturated rings. The highest BCUT2D eigenvalue weighted by molar-refractivity contribution is 7.15. The lowest BCUT2D eigenvalue weighted by Crippen LogP contribution is -2.30. The van der Waals surface area contributed by atoms with Crippen LogP contribution >= 0.6 is 11.3 Å². The fraction of sp³-hybridized carbons (Fsp3) is 0.280. The first-order valence-corrected chi connectivity index (χ1v) is 11.4. The van der Waals surface area contributed by atoms with Gasteiger partial charge >= 0.3 is 6.18 Å². The van der Waals surface area contributed by atoms with Gasteiger partial charge in [0, 0.05) is 16.6 Å². The summed E-state index contributed by atoms with van der Waals surface area (Å²) < 4.78 is 39.3. The summed E-state index contributed by atoms with van der Waals surface area (Å²) in [6.45, 7) is 5.78. The number of carbonyl (C=O) groups is 3. The average Bonchev–Trinajstić information content (AvgIpc) is 3.33. The maximum Gasteiger partial charge on any atom is 0.416 e. The Morgan fingerprint density at radius 3 is 2.15 bits per heavy atom. The molecule has 0 saturated carbocycles. The zero-order chi connectivity index (χ0) is 24.8. The first-order valence-electron chi connectivity index (χ1n) is 10.6. The molecule has 2 atom stereocenters. The van der Waals surface area contributed by atoms with E-state index in [2.05, 4.69) is 4.98 Å².